The largest absolute Gasteiger partial charge is 0.310 e. The molecule has 0 aliphatic carbocycles. The normalized spacial score (nSPS) is 25.5. The molecule has 1 rings (SSSR count). The van der Waals surface area contributed by atoms with E-state index in [1.165, 1.54) is 0 Å². The van der Waals surface area contributed by atoms with Gasteiger partial charge in [-0.25, -0.2) is 0 Å². The average molecular weight is 157 g/mol. The summed E-state index contributed by atoms with van der Waals surface area (Å²) in [4.78, 5) is 0. The van der Waals surface area contributed by atoms with Gasteiger partial charge in [0.05, 0.1) is 0 Å². The van der Waals surface area contributed by atoms with Crippen LogP contribution >= 0.6 is 41.2 Å². The highest BCUT2D eigenvalue weighted by Gasteiger charge is 2.11. The maximum atomic E-state index is 5.42. The van der Waals surface area contributed by atoms with Gasteiger partial charge in [-0.3, -0.25) is 0 Å². The zero-order valence-corrected chi connectivity index (χ0v) is 6.05. The highest BCUT2D eigenvalue weighted by molar-refractivity contribution is 9.31. The first-order valence-electron chi connectivity index (χ1n) is 1.30. The van der Waals surface area contributed by atoms with Gasteiger partial charge in [-0.15, -0.1) is 0 Å². The van der Waals surface area contributed by atoms with Crippen LogP contribution in [-0.2, 0) is 0 Å². The average Bonchev–Trinajstić information content (AvgIpc) is 1.86. The van der Waals surface area contributed by atoms with Crippen LogP contribution in [0, 0.1) is 0 Å². The van der Waals surface area contributed by atoms with Crippen molar-refractivity contribution in [3.8, 4) is 0 Å². The van der Waals surface area contributed by atoms with E-state index in [1.54, 1.807) is 41.2 Å². The monoisotopic (exact) mass is 157 g/mol. The van der Waals surface area contributed by atoms with Gasteiger partial charge in [0.2, 0.25) is 0 Å². The molecule has 1 aliphatic heterocycles. The van der Waals surface area contributed by atoms with Crippen molar-refractivity contribution in [2.75, 3.05) is 0 Å². The smallest absolute Gasteiger partial charge is 0.120 e. The minimum absolute atomic E-state index is 0.306. The van der Waals surface area contributed by atoms with Crippen molar-refractivity contribution in [3.05, 3.63) is 0 Å². The van der Waals surface area contributed by atoms with Crippen LogP contribution < -0.4 is 5.73 Å². The molecule has 1 nitrogen and oxygen atoms in total. The number of hydrogen-bond donors (Lipinski definition) is 1. The van der Waals surface area contributed by atoms with Crippen LogP contribution in [0.2, 0.25) is 0 Å². The lowest BCUT2D eigenvalue weighted by Gasteiger charge is -1.87. The third-order valence-electron chi connectivity index (χ3n) is 0.296. The molecule has 2 N–H and O–H groups in total. The molecular formula is CH3NS4. The van der Waals surface area contributed by atoms with E-state index in [2.05, 4.69) is 0 Å². The summed E-state index contributed by atoms with van der Waals surface area (Å²) >= 11 is 0. The Morgan fingerprint density at radius 3 is 1.83 bits per heavy atom. The van der Waals surface area contributed by atoms with E-state index in [0.29, 0.717) is 4.71 Å². The fraction of sp³-hybridized carbons (Fsp3) is 1.00. The van der Waals surface area contributed by atoms with Gasteiger partial charge in [0.25, 0.3) is 0 Å². The van der Waals surface area contributed by atoms with Gasteiger partial charge in [-0.1, -0.05) is 21.6 Å². The lowest BCUT2D eigenvalue weighted by atomic mass is 11.5. The van der Waals surface area contributed by atoms with Crippen LogP contribution in [0.1, 0.15) is 0 Å². The highest BCUT2D eigenvalue weighted by atomic mass is 33.7. The maximum absolute atomic E-state index is 5.42. The SMILES string of the molecule is NC1SSSS1. The number of hydrogen-bond acceptors (Lipinski definition) is 5. The Morgan fingerprint density at radius 2 is 1.67 bits per heavy atom. The van der Waals surface area contributed by atoms with E-state index < -0.39 is 0 Å². The summed E-state index contributed by atoms with van der Waals surface area (Å²) in [5, 5.41) is 0. The molecule has 0 atom stereocenters. The van der Waals surface area contributed by atoms with Gasteiger partial charge in [0, 0.05) is 0 Å². The number of rotatable bonds is 0. The van der Waals surface area contributed by atoms with Crippen molar-refractivity contribution in [1.29, 1.82) is 0 Å². The summed E-state index contributed by atoms with van der Waals surface area (Å²) in [6.45, 7) is 0. The molecule has 0 aromatic rings. The molecule has 0 amide bonds. The topological polar surface area (TPSA) is 26.0 Å². The summed E-state index contributed by atoms with van der Waals surface area (Å²) in [5.74, 6) is 0. The van der Waals surface area contributed by atoms with Crippen molar-refractivity contribution in [3.63, 3.8) is 0 Å². The van der Waals surface area contributed by atoms with E-state index in [9.17, 15) is 0 Å². The minimum Gasteiger partial charge on any atom is -0.310 e. The minimum atomic E-state index is 0.306. The highest BCUT2D eigenvalue weighted by Crippen LogP contribution is 2.56. The molecular weight excluding hydrogens is 154 g/mol. The van der Waals surface area contributed by atoms with Crippen LogP contribution in [-0.4, -0.2) is 4.71 Å². The molecule has 0 aromatic heterocycles. The predicted molar refractivity (Wildman–Crippen MR) is 38.3 cm³/mol. The Balaban J connectivity index is 2.18. The third kappa shape index (κ3) is 1.46. The summed E-state index contributed by atoms with van der Waals surface area (Å²) < 4.78 is 0.306. The van der Waals surface area contributed by atoms with Gasteiger partial charge in [0.1, 0.15) is 4.71 Å². The van der Waals surface area contributed by atoms with Crippen molar-refractivity contribution in [1.82, 2.24) is 0 Å². The first-order chi connectivity index (χ1) is 2.89. The lowest BCUT2D eigenvalue weighted by molar-refractivity contribution is 1.33. The lowest BCUT2D eigenvalue weighted by Crippen LogP contribution is -2.03. The zero-order chi connectivity index (χ0) is 4.41. The van der Waals surface area contributed by atoms with Crippen molar-refractivity contribution >= 4 is 41.2 Å². The summed E-state index contributed by atoms with van der Waals surface area (Å²) in [6, 6.07) is 0. The predicted octanol–water partition coefficient (Wildman–Crippen LogP) is 1.92. The molecule has 0 spiro atoms. The zero-order valence-electron chi connectivity index (χ0n) is 2.79. The van der Waals surface area contributed by atoms with E-state index >= 15 is 0 Å². The van der Waals surface area contributed by atoms with E-state index in [1.807, 2.05) is 0 Å². The Kier molecular flexibility index (Phi) is 2.39. The second kappa shape index (κ2) is 2.61. The third-order valence-corrected chi connectivity index (χ3v) is 7.49. The van der Waals surface area contributed by atoms with Crippen molar-refractivity contribution < 1.29 is 0 Å². The van der Waals surface area contributed by atoms with E-state index in [4.69, 9.17) is 5.73 Å². The molecule has 1 heterocycles. The van der Waals surface area contributed by atoms with E-state index in [-0.39, 0.29) is 0 Å². The Labute approximate surface area is 51.8 Å². The summed E-state index contributed by atoms with van der Waals surface area (Å²) in [5.41, 5.74) is 5.42. The molecule has 6 heavy (non-hydrogen) atoms. The van der Waals surface area contributed by atoms with Gasteiger partial charge in [0.15, 0.2) is 0 Å². The molecule has 1 fully saturated rings. The fourth-order valence-corrected chi connectivity index (χ4v) is 7.72. The summed E-state index contributed by atoms with van der Waals surface area (Å²) in [6.07, 6.45) is 0. The molecule has 36 valence electrons. The van der Waals surface area contributed by atoms with Gasteiger partial charge < -0.3 is 5.73 Å². The Hall–Kier alpha value is 1.36. The van der Waals surface area contributed by atoms with Crippen molar-refractivity contribution in [2.24, 2.45) is 5.73 Å². The van der Waals surface area contributed by atoms with Gasteiger partial charge in [-0.05, 0) is 19.7 Å². The molecule has 0 saturated carbocycles. The molecule has 5 heteroatoms. The quantitative estimate of drug-likeness (QED) is 0.542. The van der Waals surface area contributed by atoms with Gasteiger partial charge in [-0.2, -0.15) is 0 Å². The number of nitrogens with two attached hydrogens (primary N) is 1. The maximum Gasteiger partial charge on any atom is 0.120 e. The van der Waals surface area contributed by atoms with Crippen molar-refractivity contribution in [2.45, 2.75) is 4.71 Å². The van der Waals surface area contributed by atoms with Crippen LogP contribution in [0.15, 0.2) is 0 Å². The first kappa shape index (κ1) is 5.50. The standard InChI is InChI=1S/CH3NS4/c2-1-3-5-6-4-1/h1H,2H2. The summed E-state index contributed by atoms with van der Waals surface area (Å²) in [7, 11) is 6.94. The molecule has 0 unspecified atom stereocenters. The van der Waals surface area contributed by atoms with Gasteiger partial charge >= 0.3 is 0 Å². The Bertz CT molecular complexity index is 40.8. The molecule has 0 radical (unpaired) electrons. The fourth-order valence-electron chi connectivity index (χ4n) is 0.126. The molecule has 0 bridgehead atoms. The van der Waals surface area contributed by atoms with Crippen LogP contribution in [0.25, 0.3) is 0 Å². The molecule has 0 aromatic carbocycles. The Morgan fingerprint density at radius 1 is 1.17 bits per heavy atom. The van der Waals surface area contributed by atoms with Crippen LogP contribution in [0.5, 0.6) is 0 Å². The molecule has 1 saturated heterocycles. The molecule has 1 aliphatic rings. The van der Waals surface area contributed by atoms with Crippen LogP contribution in [0.4, 0.5) is 0 Å². The van der Waals surface area contributed by atoms with E-state index in [0.717, 1.165) is 0 Å². The second-order valence-electron chi connectivity index (χ2n) is 0.697. The van der Waals surface area contributed by atoms with Crippen LogP contribution in [0.3, 0.4) is 0 Å². The first-order valence-corrected chi connectivity index (χ1v) is 6.25. The second-order valence-corrected chi connectivity index (χ2v) is 7.09.